The van der Waals surface area contributed by atoms with Crippen LogP contribution in [0.15, 0.2) is 18.3 Å². The van der Waals surface area contributed by atoms with Gasteiger partial charge in [-0.25, -0.2) is 10.8 Å². The molecule has 9 heteroatoms. The topological polar surface area (TPSA) is 119 Å². The average molecular weight is 294 g/mol. The van der Waals surface area contributed by atoms with Gasteiger partial charge < -0.3 is 5.32 Å². The van der Waals surface area contributed by atoms with Crippen LogP contribution in [0.3, 0.4) is 0 Å². The van der Waals surface area contributed by atoms with Crippen LogP contribution in [-0.2, 0) is 13.0 Å². The fraction of sp³-hybridized carbons (Fsp3) is 0.273. The lowest BCUT2D eigenvalue weighted by molar-refractivity contribution is -0.384. The second kappa shape index (κ2) is 6.26. The molecule has 0 aromatic carbocycles. The number of rotatable bonds is 6. The van der Waals surface area contributed by atoms with E-state index in [0.29, 0.717) is 6.54 Å². The van der Waals surface area contributed by atoms with Crippen LogP contribution in [0.25, 0.3) is 0 Å². The number of aromatic nitrogens is 2. The summed E-state index contributed by atoms with van der Waals surface area (Å²) in [7, 11) is 0. The van der Waals surface area contributed by atoms with Crippen molar-refractivity contribution in [3.8, 4) is 0 Å². The maximum Gasteiger partial charge on any atom is 0.329 e. The number of nitro groups is 1. The summed E-state index contributed by atoms with van der Waals surface area (Å²) in [6.07, 6.45) is 2.09. The van der Waals surface area contributed by atoms with Crippen LogP contribution in [0.1, 0.15) is 16.7 Å². The minimum Gasteiger partial charge on any atom is -0.359 e. The van der Waals surface area contributed by atoms with Crippen molar-refractivity contribution in [2.45, 2.75) is 19.9 Å². The molecule has 2 aromatic rings. The molecule has 0 aliphatic rings. The molecule has 0 aliphatic heterocycles. The summed E-state index contributed by atoms with van der Waals surface area (Å²) in [5, 5.41) is 13.9. The fourth-order valence-corrected chi connectivity index (χ4v) is 2.48. The monoisotopic (exact) mass is 294 g/mol. The SMILES string of the molecule is CCc1ccc(CNc2nc(NN)ncc2[N+](=O)[O-])s1. The summed E-state index contributed by atoms with van der Waals surface area (Å²) in [6.45, 7) is 2.55. The molecule has 2 rings (SSSR count). The summed E-state index contributed by atoms with van der Waals surface area (Å²) in [4.78, 5) is 20.4. The lowest BCUT2D eigenvalue weighted by atomic mass is 10.3. The highest BCUT2D eigenvalue weighted by atomic mass is 32.1. The molecule has 0 radical (unpaired) electrons. The van der Waals surface area contributed by atoms with Gasteiger partial charge in [0.1, 0.15) is 6.20 Å². The van der Waals surface area contributed by atoms with Crippen molar-refractivity contribution in [1.82, 2.24) is 9.97 Å². The first-order chi connectivity index (χ1) is 9.63. The van der Waals surface area contributed by atoms with Crippen molar-refractivity contribution in [3.63, 3.8) is 0 Å². The Bertz CT molecular complexity index is 615. The molecular weight excluding hydrogens is 280 g/mol. The number of nitrogens with one attached hydrogen (secondary N) is 2. The fourth-order valence-electron chi connectivity index (χ4n) is 1.59. The van der Waals surface area contributed by atoms with E-state index in [0.717, 1.165) is 17.5 Å². The van der Waals surface area contributed by atoms with Gasteiger partial charge in [-0.15, -0.1) is 11.3 Å². The molecule has 2 aromatic heterocycles. The molecule has 8 nitrogen and oxygen atoms in total. The molecule has 0 bridgehead atoms. The normalized spacial score (nSPS) is 10.3. The second-order valence-electron chi connectivity index (χ2n) is 3.90. The molecule has 0 saturated heterocycles. The van der Waals surface area contributed by atoms with E-state index in [1.165, 1.54) is 4.88 Å². The van der Waals surface area contributed by atoms with Gasteiger partial charge in [0.15, 0.2) is 0 Å². The van der Waals surface area contributed by atoms with Gasteiger partial charge in [0.05, 0.1) is 11.5 Å². The molecule has 0 amide bonds. The van der Waals surface area contributed by atoms with Crippen LogP contribution < -0.4 is 16.6 Å². The lowest BCUT2D eigenvalue weighted by Gasteiger charge is -2.06. The lowest BCUT2D eigenvalue weighted by Crippen LogP contribution is -2.13. The number of thiophene rings is 1. The maximum atomic E-state index is 10.9. The largest absolute Gasteiger partial charge is 0.359 e. The van der Waals surface area contributed by atoms with E-state index in [-0.39, 0.29) is 17.5 Å². The predicted molar refractivity (Wildman–Crippen MR) is 77.5 cm³/mol. The van der Waals surface area contributed by atoms with Crippen LogP contribution in [-0.4, -0.2) is 14.9 Å². The van der Waals surface area contributed by atoms with Crippen LogP contribution in [0, 0.1) is 10.1 Å². The Labute approximate surface area is 119 Å². The highest BCUT2D eigenvalue weighted by molar-refractivity contribution is 7.12. The van der Waals surface area contributed by atoms with Gasteiger partial charge in [-0.3, -0.25) is 15.5 Å². The molecule has 4 N–H and O–H groups in total. The summed E-state index contributed by atoms with van der Waals surface area (Å²) in [5.74, 6) is 5.47. The quantitative estimate of drug-likeness (QED) is 0.423. The molecule has 20 heavy (non-hydrogen) atoms. The molecule has 0 saturated carbocycles. The third-order valence-electron chi connectivity index (χ3n) is 2.59. The molecule has 0 unspecified atom stereocenters. The van der Waals surface area contributed by atoms with Crippen molar-refractivity contribution in [2.75, 3.05) is 10.7 Å². The number of hydrogen-bond donors (Lipinski definition) is 3. The number of nitrogen functional groups attached to an aromatic ring is 1. The van der Waals surface area contributed by atoms with Gasteiger partial charge in [0.2, 0.25) is 11.8 Å². The highest BCUT2D eigenvalue weighted by Crippen LogP contribution is 2.24. The second-order valence-corrected chi connectivity index (χ2v) is 5.16. The van der Waals surface area contributed by atoms with E-state index in [4.69, 9.17) is 5.84 Å². The van der Waals surface area contributed by atoms with E-state index in [1.807, 2.05) is 12.1 Å². The van der Waals surface area contributed by atoms with E-state index < -0.39 is 4.92 Å². The first kappa shape index (κ1) is 14.2. The summed E-state index contributed by atoms with van der Waals surface area (Å²) < 4.78 is 0. The van der Waals surface area contributed by atoms with E-state index in [1.54, 1.807) is 11.3 Å². The van der Waals surface area contributed by atoms with Gasteiger partial charge in [-0.1, -0.05) is 6.92 Å². The molecule has 106 valence electrons. The molecule has 0 spiro atoms. The summed E-state index contributed by atoms with van der Waals surface area (Å²) >= 11 is 1.66. The highest BCUT2D eigenvalue weighted by Gasteiger charge is 2.17. The van der Waals surface area contributed by atoms with Crippen molar-refractivity contribution in [2.24, 2.45) is 5.84 Å². The van der Waals surface area contributed by atoms with Gasteiger partial charge in [0.25, 0.3) is 0 Å². The average Bonchev–Trinajstić information content (AvgIpc) is 2.92. The Hall–Kier alpha value is -2.26. The van der Waals surface area contributed by atoms with E-state index in [9.17, 15) is 10.1 Å². The van der Waals surface area contributed by atoms with Crippen molar-refractivity contribution >= 4 is 28.8 Å². The minimum atomic E-state index is -0.533. The van der Waals surface area contributed by atoms with E-state index >= 15 is 0 Å². The number of aryl methyl sites for hydroxylation is 1. The van der Waals surface area contributed by atoms with Gasteiger partial charge in [-0.2, -0.15) is 4.98 Å². The van der Waals surface area contributed by atoms with Gasteiger partial charge in [-0.05, 0) is 18.6 Å². The van der Waals surface area contributed by atoms with E-state index in [2.05, 4.69) is 27.6 Å². The Kier molecular flexibility index (Phi) is 4.43. The maximum absolute atomic E-state index is 10.9. The third-order valence-corrected chi connectivity index (χ3v) is 3.82. The van der Waals surface area contributed by atoms with Crippen LogP contribution in [0.2, 0.25) is 0 Å². The molecule has 0 aliphatic carbocycles. The molecule has 2 heterocycles. The van der Waals surface area contributed by atoms with Crippen LogP contribution in [0.4, 0.5) is 17.5 Å². The van der Waals surface area contributed by atoms with Crippen LogP contribution in [0.5, 0.6) is 0 Å². The number of nitrogens with zero attached hydrogens (tertiary/aromatic N) is 3. The molecular formula is C11H14N6O2S. The Morgan fingerprint density at radius 1 is 1.45 bits per heavy atom. The third kappa shape index (κ3) is 3.19. The Morgan fingerprint density at radius 3 is 2.80 bits per heavy atom. The zero-order chi connectivity index (χ0) is 14.5. The Morgan fingerprint density at radius 2 is 2.20 bits per heavy atom. The number of hydrazine groups is 1. The molecule has 0 atom stereocenters. The smallest absolute Gasteiger partial charge is 0.329 e. The number of hydrogen-bond acceptors (Lipinski definition) is 8. The zero-order valence-electron chi connectivity index (χ0n) is 10.8. The van der Waals surface area contributed by atoms with Crippen molar-refractivity contribution < 1.29 is 4.92 Å². The zero-order valence-corrected chi connectivity index (χ0v) is 11.6. The predicted octanol–water partition coefficient (Wildman–Crippen LogP) is 1.91. The first-order valence-electron chi connectivity index (χ1n) is 5.93. The number of nitrogens with two attached hydrogens (primary N) is 1. The van der Waals surface area contributed by atoms with Crippen LogP contribution >= 0.6 is 11.3 Å². The van der Waals surface area contributed by atoms with Gasteiger partial charge in [0, 0.05) is 9.75 Å². The summed E-state index contributed by atoms with van der Waals surface area (Å²) in [5.41, 5.74) is 2.08. The van der Waals surface area contributed by atoms with Crippen molar-refractivity contribution in [3.05, 3.63) is 38.2 Å². The number of anilines is 2. The molecule has 0 fully saturated rings. The van der Waals surface area contributed by atoms with Gasteiger partial charge >= 0.3 is 5.69 Å². The Balaban J connectivity index is 2.16. The minimum absolute atomic E-state index is 0.124. The van der Waals surface area contributed by atoms with Crippen molar-refractivity contribution in [1.29, 1.82) is 0 Å². The standard InChI is InChI=1S/C11H14N6O2S/c1-2-7-3-4-8(20-7)5-13-10-9(17(18)19)6-14-11(15-10)16-12/h3-4,6H,2,5,12H2,1H3,(H2,13,14,15,16). The summed E-state index contributed by atoms with van der Waals surface area (Å²) in [6, 6.07) is 4.04. The first-order valence-corrected chi connectivity index (χ1v) is 6.75.